The Morgan fingerprint density at radius 3 is 1.72 bits per heavy atom. The molecule has 1 unspecified atom stereocenters. The largest absolute Gasteiger partial charge is 0.0842 e. The van der Waals surface area contributed by atoms with E-state index in [4.69, 9.17) is 0 Å². The average molecular weight is 303 g/mol. The van der Waals surface area contributed by atoms with Crippen molar-refractivity contribution in [1.82, 2.24) is 0 Å². The smallest absolute Gasteiger partial charge is 0.0367 e. The van der Waals surface area contributed by atoms with E-state index in [0.717, 1.165) is 12.8 Å². The van der Waals surface area contributed by atoms with Gasteiger partial charge in [0.25, 0.3) is 0 Å². The third-order valence-corrected chi connectivity index (χ3v) is 3.81. The maximum Gasteiger partial charge on any atom is 0.0367 e. The molecule has 0 spiro atoms. The van der Waals surface area contributed by atoms with Gasteiger partial charge in [-0.15, -0.1) is 0 Å². The van der Waals surface area contributed by atoms with E-state index in [1.54, 1.807) is 0 Å². The summed E-state index contributed by atoms with van der Waals surface area (Å²) in [6.45, 7) is 4.34. The number of rotatable bonds is 4. The van der Waals surface area contributed by atoms with Gasteiger partial charge in [0, 0.05) is 4.83 Å². The van der Waals surface area contributed by atoms with Gasteiger partial charge >= 0.3 is 0 Å². The average Bonchev–Trinajstić information content (AvgIpc) is 2.40. The van der Waals surface area contributed by atoms with Gasteiger partial charge < -0.3 is 0 Å². The minimum atomic E-state index is 0.426. The highest BCUT2D eigenvalue weighted by molar-refractivity contribution is 9.09. The molecular formula is C17H19Br. The summed E-state index contributed by atoms with van der Waals surface area (Å²) in [7, 11) is 0. The lowest BCUT2D eigenvalue weighted by Gasteiger charge is -2.06. The Kier molecular flexibility index (Phi) is 4.60. The zero-order valence-corrected chi connectivity index (χ0v) is 12.6. The molecule has 0 amide bonds. The monoisotopic (exact) mass is 302 g/mol. The summed E-state index contributed by atoms with van der Waals surface area (Å²) in [6.07, 6.45) is 2.12. The highest BCUT2D eigenvalue weighted by Gasteiger charge is 2.01. The van der Waals surface area contributed by atoms with Crippen molar-refractivity contribution in [2.24, 2.45) is 0 Å². The van der Waals surface area contributed by atoms with Gasteiger partial charge in [0.2, 0.25) is 0 Å². The Hall–Kier alpha value is -1.08. The summed E-state index contributed by atoms with van der Waals surface area (Å²) in [4.78, 5) is 0.426. The van der Waals surface area contributed by atoms with E-state index in [1.807, 2.05) is 0 Å². The summed E-state index contributed by atoms with van der Waals surface area (Å²) in [5, 5.41) is 0. The molecule has 0 aliphatic rings. The molecule has 0 heterocycles. The number of alkyl halides is 1. The van der Waals surface area contributed by atoms with Gasteiger partial charge in [0.05, 0.1) is 0 Å². The van der Waals surface area contributed by atoms with Crippen molar-refractivity contribution in [2.75, 3.05) is 0 Å². The first kappa shape index (κ1) is 13.4. The number of hydrogen-bond donors (Lipinski definition) is 0. The van der Waals surface area contributed by atoms with E-state index in [2.05, 4.69) is 78.3 Å². The Morgan fingerprint density at radius 2 is 1.28 bits per heavy atom. The molecule has 0 aliphatic carbocycles. The van der Waals surface area contributed by atoms with Crippen molar-refractivity contribution >= 4 is 15.9 Å². The second kappa shape index (κ2) is 6.19. The van der Waals surface area contributed by atoms with Crippen LogP contribution in [0.1, 0.15) is 40.9 Å². The third kappa shape index (κ3) is 3.46. The van der Waals surface area contributed by atoms with E-state index >= 15 is 0 Å². The molecule has 0 bridgehead atoms. The van der Waals surface area contributed by atoms with Crippen molar-refractivity contribution in [2.45, 2.75) is 31.5 Å². The van der Waals surface area contributed by atoms with Gasteiger partial charge in [0.15, 0.2) is 0 Å². The van der Waals surface area contributed by atoms with Crippen LogP contribution in [0, 0.1) is 0 Å². The Bertz CT molecular complexity index is 480. The maximum atomic E-state index is 3.59. The summed E-state index contributed by atoms with van der Waals surface area (Å²) in [6, 6.07) is 17.8. The zero-order chi connectivity index (χ0) is 13.0. The number of hydrogen-bond acceptors (Lipinski definition) is 0. The summed E-state index contributed by atoms with van der Waals surface area (Å²) in [5.41, 5.74) is 5.49. The van der Waals surface area contributed by atoms with Crippen molar-refractivity contribution in [3.63, 3.8) is 0 Å². The summed E-state index contributed by atoms with van der Waals surface area (Å²) < 4.78 is 0. The minimum Gasteiger partial charge on any atom is -0.0842 e. The minimum absolute atomic E-state index is 0.426. The van der Waals surface area contributed by atoms with Gasteiger partial charge in [-0.05, 0) is 42.0 Å². The van der Waals surface area contributed by atoms with Crippen molar-refractivity contribution in [3.05, 3.63) is 70.8 Å². The molecule has 0 aliphatic heterocycles. The lowest BCUT2D eigenvalue weighted by atomic mass is 10.0. The van der Waals surface area contributed by atoms with Crippen molar-refractivity contribution < 1.29 is 0 Å². The molecule has 1 atom stereocenters. The van der Waals surface area contributed by atoms with Gasteiger partial charge in [-0.2, -0.15) is 0 Å². The number of benzene rings is 2. The molecule has 0 nitrogen and oxygen atoms in total. The highest BCUT2D eigenvalue weighted by atomic mass is 79.9. The van der Waals surface area contributed by atoms with Crippen LogP contribution in [0.25, 0.3) is 0 Å². The Labute approximate surface area is 118 Å². The molecule has 0 aromatic heterocycles. The first-order chi connectivity index (χ1) is 8.69. The van der Waals surface area contributed by atoms with Crippen LogP contribution in [0.15, 0.2) is 48.5 Å². The van der Waals surface area contributed by atoms with Crippen LogP contribution in [0.2, 0.25) is 0 Å². The molecule has 1 heteroatoms. The van der Waals surface area contributed by atoms with Gasteiger partial charge in [-0.1, -0.05) is 71.4 Å². The maximum absolute atomic E-state index is 3.59. The molecule has 94 valence electrons. The van der Waals surface area contributed by atoms with Crippen LogP contribution in [0.4, 0.5) is 0 Å². The molecule has 0 N–H and O–H groups in total. The van der Waals surface area contributed by atoms with E-state index in [9.17, 15) is 0 Å². The van der Waals surface area contributed by atoms with E-state index in [-0.39, 0.29) is 0 Å². The molecule has 2 rings (SSSR count). The normalized spacial score (nSPS) is 12.4. The first-order valence-corrected chi connectivity index (χ1v) is 7.41. The molecular weight excluding hydrogens is 284 g/mol. The van der Waals surface area contributed by atoms with E-state index < -0.39 is 0 Å². The topological polar surface area (TPSA) is 0 Å². The van der Waals surface area contributed by atoms with Crippen LogP contribution in [0.3, 0.4) is 0 Å². The molecule has 18 heavy (non-hydrogen) atoms. The molecule has 0 saturated carbocycles. The number of aryl methyl sites for hydroxylation is 1. The fourth-order valence-corrected chi connectivity index (χ4v) is 2.33. The van der Waals surface area contributed by atoms with Gasteiger partial charge in [0.1, 0.15) is 0 Å². The van der Waals surface area contributed by atoms with Crippen LogP contribution < -0.4 is 0 Å². The first-order valence-electron chi connectivity index (χ1n) is 6.49. The predicted octanol–water partition coefficient (Wildman–Crippen LogP) is 5.30. The second-order valence-electron chi connectivity index (χ2n) is 4.70. The van der Waals surface area contributed by atoms with E-state index in [1.165, 1.54) is 22.3 Å². The fourth-order valence-electron chi connectivity index (χ4n) is 2.03. The van der Waals surface area contributed by atoms with Gasteiger partial charge in [-0.3, -0.25) is 0 Å². The van der Waals surface area contributed by atoms with Crippen LogP contribution in [-0.4, -0.2) is 0 Å². The molecule has 0 saturated heterocycles. The van der Waals surface area contributed by atoms with Crippen LogP contribution in [0.5, 0.6) is 0 Å². The van der Waals surface area contributed by atoms with E-state index in [0.29, 0.717) is 4.83 Å². The third-order valence-electron chi connectivity index (χ3n) is 3.28. The fraction of sp³-hybridized carbons (Fsp3) is 0.294. The molecule has 2 aromatic rings. The van der Waals surface area contributed by atoms with Crippen LogP contribution >= 0.6 is 15.9 Å². The van der Waals surface area contributed by atoms with Crippen molar-refractivity contribution in [3.8, 4) is 0 Å². The molecule has 2 aromatic carbocycles. The SMILES string of the molecule is CCc1ccc(Cc2ccc(C(C)Br)cc2)cc1. The molecule has 0 radical (unpaired) electrons. The van der Waals surface area contributed by atoms with Gasteiger partial charge in [-0.25, -0.2) is 0 Å². The standard InChI is InChI=1S/C17H19Br/c1-3-14-4-6-15(7-5-14)12-16-8-10-17(11-9-16)13(2)18/h4-11,13H,3,12H2,1-2H3. The number of halogens is 1. The van der Waals surface area contributed by atoms with Crippen LogP contribution in [-0.2, 0) is 12.8 Å². The summed E-state index contributed by atoms with van der Waals surface area (Å²) >= 11 is 3.59. The summed E-state index contributed by atoms with van der Waals surface area (Å²) in [5.74, 6) is 0. The second-order valence-corrected chi connectivity index (χ2v) is 6.08. The van der Waals surface area contributed by atoms with Crippen molar-refractivity contribution in [1.29, 1.82) is 0 Å². The molecule has 0 fully saturated rings. The lowest BCUT2D eigenvalue weighted by molar-refractivity contribution is 1.10. The Balaban J connectivity index is 2.08. The lowest BCUT2D eigenvalue weighted by Crippen LogP contribution is -1.90. The Morgan fingerprint density at radius 1 is 0.833 bits per heavy atom. The zero-order valence-electron chi connectivity index (χ0n) is 11.0. The predicted molar refractivity (Wildman–Crippen MR) is 82.4 cm³/mol. The quantitative estimate of drug-likeness (QED) is 0.673. The highest BCUT2D eigenvalue weighted by Crippen LogP contribution is 2.22.